The number of hydrogen-bond donors (Lipinski definition) is 1. The number of alkyl halides is 6. The zero-order valence-corrected chi connectivity index (χ0v) is 19.7. The summed E-state index contributed by atoms with van der Waals surface area (Å²) in [5, 5.41) is 2.29. The Morgan fingerprint density at radius 1 is 0.892 bits per heavy atom. The summed E-state index contributed by atoms with van der Waals surface area (Å²) in [6.45, 7) is 1.15. The van der Waals surface area contributed by atoms with Crippen LogP contribution in [0.1, 0.15) is 44.6 Å². The van der Waals surface area contributed by atoms with Crippen LogP contribution in [-0.2, 0) is 16.0 Å². The Hall–Kier alpha value is -3.44. The molecule has 2 aromatic carbocycles. The number of carbonyl (C=O) groups is 2. The highest BCUT2D eigenvalue weighted by molar-refractivity contribution is 5.90. The highest BCUT2D eigenvalue weighted by atomic mass is 19.4. The summed E-state index contributed by atoms with van der Waals surface area (Å²) in [5.74, 6) is -1.27. The van der Waals surface area contributed by atoms with Crippen LogP contribution in [0.5, 0.6) is 17.2 Å². The number of ketones is 1. The van der Waals surface area contributed by atoms with E-state index in [1.807, 2.05) is 0 Å². The van der Waals surface area contributed by atoms with E-state index in [1.54, 1.807) is 6.07 Å². The number of nitrogens with one attached hydrogen (secondary N) is 1. The van der Waals surface area contributed by atoms with E-state index < -0.39 is 24.4 Å². The van der Waals surface area contributed by atoms with Gasteiger partial charge >= 0.3 is 12.7 Å². The lowest BCUT2D eigenvalue weighted by Gasteiger charge is -2.29. The molecule has 1 saturated carbocycles. The lowest BCUT2D eigenvalue weighted by Crippen LogP contribution is -2.25. The van der Waals surface area contributed by atoms with Crippen LogP contribution in [0.25, 0.3) is 0 Å². The standard InChI is InChI=1S/C25H25F6NO5/c1-15(33)32-22-14-20(9-10-23(22)37-25(29,30)31)35-19-7-5-16(6-8-19)11-18(34)12-17-3-2-4-21(13-17)36-24(26,27)28/h2-4,9-10,13-14,16,19H,5-8,11-12H2,1H3,(H,32,33). The van der Waals surface area contributed by atoms with Crippen molar-refractivity contribution >= 4 is 17.4 Å². The van der Waals surface area contributed by atoms with Gasteiger partial charge in [-0.15, -0.1) is 26.3 Å². The first-order valence-electron chi connectivity index (χ1n) is 11.5. The highest BCUT2D eigenvalue weighted by Crippen LogP contribution is 2.36. The minimum atomic E-state index is -4.93. The molecule has 6 nitrogen and oxygen atoms in total. The Bertz CT molecular complexity index is 1090. The van der Waals surface area contributed by atoms with Crippen LogP contribution >= 0.6 is 0 Å². The first-order chi connectivity index (χ1) is 17.3. The second-order valence-corrected chi connectivity index (χ2v) is 8.76. The van der Waals surface area contributed by atoms with E-state index in [9.17, 15) is 35.9 Å². The third kappa shape index (κ3) is 9.85. The van der Waals surface area contributed by atoms with Gasteiger partial charge in [0.2, 0.25) is 5.91 Å². The van der Waals surface area contributed by atoms with Crippen LogP contribution in [0.15, 0.2) is 42.5 Å². The third-order valence-corrected chi connectivity index (χ3v) is 5.63. The van der Waals surface area contributed by atoms with Gasteiger partial charge in [0.15, 0.2) is 5.75 Å². The van der Waals surface area contributed by atoms with E-state index in [0.717, 1.165) is 13.0 Å². The maximum absolute atomic E-state index is 12.6. The summed E-state index contributed by atoms with van der Waals surface area (Å²) in [5.41, 5.74) is 0.253. The topological polar surface area (TPSA) is 73.9 Å². The molecule has 1 aliphatic rings. The molecule has 0 aliphatic heterocycles. The average molecular weight is 533 g/mol. The Kier molecular flexibility index (Phi) is 8.93. The summed E-state index contributed by atoms with van der Waals surface area (Å²) in [6, 6.07) is 8.95. The predicted octanol–water partition coefficient (Wildman–Crippen LogP) is 6.58. The molecule has 0 unspecified atom stereocenters. The first kappa shape index (κ1) is 28.1. The summed E-state index contributed by atoms with van der Waals surface area (Å²) >= 11 is 0. The molecule has 0 spiro atoms. The summed E-state index contributed by atoms with van der Waals surface area (Å²) < 4.78 is 88.8. The molecule has 0 aromatic heterocycles. The number of hydrogen-bond acceptors (Lipinski definition) is 5. The maximum Gasteiger partial charge on any atom is 0.573 e. The van der Waals surface area contributed by atoms with Crippen molar-refractivity contribution in [1.29, 1.82) is 0 Å². The molecule has 2 aromatic rings. The first-order valence-corrected chi connectivity index (χ1v) is 11.5. The molecule has 0 bridgehead atoms. The van der Waals surface area contributed by atoms with E-state index in [0.29, 0.717) is 31.2 Å². The Balaban J connectivity index is 1.51. The molecule has 37 heavy (non-hydrogen) atoms. The van der Waals surface area contributed by atoms with Crippen LogP contribution < -0.4 is 19.5 Å². The van der Waals surface area contributed by atoms with E-state index in [2.05, 4.69) is 14.8 Å². The van der Waals surface area contributed by atoms with E-state index in [1.165, 1.54) is 30.3 Å². The van der Waals surface area contributed by atoms with Gasteiger partial charge in [-0.3, -0.25) is 9.59 Å². The molecule has 12 heteroatoms. The van der Waals surface area contributed by atoms with Crippen molar-refractivity contribution in [3.8, 4) is 17.2 Å². The van der Waals surface area contributed by atoms with E-state index in [-0.39, 0.29) is 47.8 Å². The number of carbonyl (C=O) groups excluding carboxylic acids is 2. The van der Waals surface area contributed by atoms with Gasteiger partial charge in [0.25, 0.3) is 0 Å². The van der Waals surface area contributed by atoms with Crippen LogP contribution in [0.2, 0.25) is 0 Å². The van der Waals surface area contributed by atoms with Crippen LogP contribution in [0, 0.1) is 5.92 Å². The third-order valence-electron chi connectivity index (χ3n) is 5.63. The lowest BCUT2D eigenvalue weighted by atomic mass is 9.83. The number of Topliss-reactive ketones (excluding diaryl/α,β-unsaturated/α-hetero) is 1. The highest BCUT2D eigenvalue weighted by Gasteiger charge is 2.33. The number of anilines is 1. The normalized spacial score (nSPS) is 18.1. The smallest absolute Gasteiger partial charge is 0.490 e. The number of amides is 1. The Labute approximate surface area is 208 Å². The molecule has 1 amide bonds. The fraction of sp³-hybridized carbons (Fsp3) is 0.440. The number of ether oxygens (including phenoxy) is 3. The average Bonchev–Trinajstić information content (AvgIpc) is 2.75. The molecule has 0 heterocycles. The number of halogens is 6. The van der Waals surface area contributed by atoms with Crippen molar-refractivity contribution in [3.63, 3.8) is 0 Å². The van der Waals surface area contributed by atoms with Gasteiger partial charge in [-0.1, -0.05) is 12.1 Å². The molecule has 1 fully saturated rings. The van der Waals surface area contributed by atoms with Crippen molar-refractivity contribution in [2.24, 2.45) is 5.92 Å². The molecular formula is C25H25F6NO5. The minimum Gasteiger partial charge on any atom is -0.490 e. The van der Waals surface area contributed by atoms with Crippen LogP contribution in [0.4, 0.5) is 32.0 Å². The second-order valence-electron chi connectivity index (χ2n) is 8.76. The van der Waals surface area contributed by atoms with Gasteiger partial charge in [-0.25, -0.2) is 0 Å². The van der Waals surface area contributed by atoms with Gasteiger partial charge in [0.1, 0.15) is 17.3 Å². The Morgan fingerprint density at radius 3 is 2.19 bits per heavy atom. The van der Waals surface area contributed by atoms with Crippen molar-refractivity contribution in [2.45, 2.75) is 64.3 Å². The summed E-state index contributed by atoms with van der Waals surface area (Å²) in [4.78, 5) is 23.9. The fourth-order valence-electron chi connectivity index (χ4n) is 4.20. The molecule has 1 aliphatic carbocycles. The van der Waals surface area contributed by atoms with Crippen molar-refractivity contribution < 1.29 is 50.1 Å². The minimum absolute atomic E-state index is 0.0102. The monoisotopic (exact) mass is 533 g/mol. The van der Waals surface area contributed by atoms with Crippen LogP contribution in [0.3, 0.4) is 0 Å². The molecule has 0 radical (unpaired) electrons. The SMILES string of the molecule is CC(=O)Nc1cc(OC2CCC(CC(=O)Cc3cccc(OC(F)(F)F)c3)CC2)ccc1OC(F)(F)F. The molecular weight excluding hydrogens is 508 g/mol. The van der Waals surface area contributed by atoms with Gasteiger partial charge in [0.05, 0.1) is 11.8 Å². The zero-order chi connectivity index (χ0) is 27.2. The van der Waals surface area contributed by atoms with Gasteiger partial charge in [0, 0.05) is 25.8 Å². The van der Waals surface area contributed by atoms with Crippen LogP contribution in [-0.4, -0.2) is 30.5 Å². The second kappa shape index (κ2) is 11.7. The quantitative estimate of drug-likeness (QED) is 0.369. The number of benzene rings is 2. The molecule has 3 rings (SSSR count). The van der Waals surface area contributed by atoms with Gasteiger partial charge < -0.3 is 19.5 Å². The molecule has 1 N–H and O–H groups in total. The maximum atomic E-state index is 12.6. The lowest BCUT2D eigenvalue weighted by molar-refractivity contribution is -0.275. The van der Waals surface area contributed by atoms with Gasteiger partial charge in [-0.2, -0.15) is 0 Å². The molecule has 202 valence electrons. The number of rotatable bonds is 9. The fourth-order valence-corrected chi connectivity index (χ4v) is 4.20. The van der Waals surface area contributed by atoms with Crippen molar-refractivity contribution in [2.75, 3.05) is 5.32 Å². The van der Waals surface area contributed by atoms with E-state index >= 15 is 0 Å². The summed E-state index contributed by atoms with van der Waals surface area (Å²) in [7, 11) is 0. The molecule has 0 saturated heterocycles. The van der Waals surface area contributed by atoms with Gasteiger partial charge in [-0.05, 0) is 61.4 Å². The summed E-state index contributed by atoms with van der Waals surface area (Å²) in [6.07, 6.45) is -7.17. The predicted molar refractivity (Wildman–Crippen MR) is 120 cm³/mol. The Morgan fingerprint density at radius 2 is 1.57 bits per heavy atom. The van der Waals surface area contributed by atoms with Crippen molar-refractivity contribution in [3.05, 3.63) is 48.0 Å². The zero-order valence-electron chi connectivity index (χ0n) is 19.7. The molecule has 0 atom stereocenters. The largest absolute Gasteiger partial charge is 0.573 e. The van der Waals surface area contributed by atoms with Crippen molar-refractivity contribution in [1.82, 2.24) is 0 Å². The van der Waals surface area contributed by atoms with E-state index in [4.69, 9.17) is 4.74 Å².